The Morgan fingerprint density at radius 2 is 1.86 bits per heavy atom. The minimum absolute atomic E-state index is 0.0460. The van der Waals surface area contributed by atoms with Crippen molar-refractivity contribution >= 4 is 16.8 Å². The summed E-state index contributed by atoms with van der Waals surface area (Å²) in [4.78, 5) is 30.2. The van der Waals surface area contributed by atoms with Crippen LogP contribution in [-0.2, 0) is 12.0 Å². The maximum atomic E-state index is 12.9. The van der Waals surface area contributed by atoms with Crippen LogP contribution >= 0.6 is 0 Å². The van der Waals surface area contributed by atoms with Crippen LogP contribution in [0.4, 0.5) is 0 Å². The molecule has 1 saturated heterocycles. The number of nitrogens with one attached hydrogen (secondary N) is 1. The Bertz CT molecular complexity index is 1050. The number of hydrogen-bond acceptors (Lipinski definition) is 3. The van der Waals surface area contributed by atoms with Gasteiger partial charge in [-0.2, -0.15) is 5.10 Å². The Labute approximate surface area is 170 Å². The Morgan fingerprint density at radius 3 is 2.55 bits per heavy atom. The van der Waals surface area contributed by atoms with Gasteiger partial charge in [-0.15, -0.1) is 0 Å². The predicted molar refractivity (Wildman–Crippen MR) is 114 cm³/mol. The first-order valence-electron chi connectivity index (χ1n) is 10.3. The van der Waals surface area contributed by atoms with E-state index in [1.165, 1.54) is 0 Å². The fourth-order valence-electron chi connectivity index (χ4n) is 3.90. The summed E-state index contributed by atoms with van der Waals surface area (Å²) in [6, 6.07) is 13.3. The van der Waals surface area contributed by atoms with Crippen molar-refractivity contribution in [3.05, 3.63) is 64.2 Å². The van der Waals surface area contributed by atoms with Gasteiger partial charge in [0.1, 0.15) is 5.69 Å². The van der Waals surface area contributed by atoms with E-state index in [1.54, 1.807) is 10.7 Å². The number of carbonyl (C=O) groups excluding carboxylic acids is 1. The maximum absolute atomic E-state index is 12.9. The van der Waals surface area contributed by atoms with E-state index in [0.717, 1.165) is 29.4 Å². The van der Waals surface area contributed by atoms with E-state index in [2.05, 4.69) is 30.9 Å². The van der Waals surface area contributed by atoms with Crippen molar-refractivity contribution in [2.24, 2.45) is 5.92 Å². The zero-order valence-electron chi connectivity index (χ0n) is 17.3. The molecular formula is C23H28N4O2. The van der Waals surface area contributed by atoms with Crippen LogP contribution in [-0.4, -0.2) is 38.7 Å². The first-order chi connectivity index (χ1) is 13.8. The zero-order valence-corrected chi connectivity index (χ0v) is 17.3. The van der Waals surface area contributed by atoms with Gasteiger partial charge in [0, 0.05) is 42.0 Å². The van der Waals surface area contributed by atoms with Crippen molar-refractivity contribution < 1.29 is 4.79 Å². The monoisotopic (exact) mass is 392 g/mol. The standard InChI is InChI=1S/C23H28N4O2/c1-23(2,3)20-8-9-21(28)27(25-20)15-16-10-12-26(13-11-16)22(29)19-14-17-6-4-5-7-18(17)24-19/h4-9,14,16,24H,10-13,15H2,1-3H3. The molecule has 1 aliphatic heterocycles. The lowest BCUT2D eigenvalue weighted by Gasteiger charge is -2.32. The number of carbonyl (C=O) groups is 1. The van der Waals surface area contributed by atoms with Gasteiger partial charge < -0.3 is 9.88 Å². The van der Waals surface area contributed by atoms with Crippen molar-refractivity contribution in [2.75, 3.05) is 13.1 Å². The summed E-state index contributed by atoms with van der Waals surface area (Å²) in [7, 11) is 0. The number of benzene rings is 1. The molecule has 1 aliphatic rings. The number of rotatable bonds is 3. The summed E-state index contributed by atoms with van der Waals surface area (Å²) in [5, 5.41) is 5.63. The first kappa shape index (κ1) is 19.4. The van der Waals surface area contributed by atoms with Crippen molar-refractivity contribution in [1.29, 1.82) is 0 Å². The number of amides is 1. The molecule has 1 N–H and O–H groups in total. The van der Waals surface area contributed by atoms with Crippen LogP contribution in [0, 0.1) is 5.92 Å². The molecule has 2 aromatic heterocycles. The molecule has 1 aromatic carbocycles. The summed E-state index contributed by atoms with van der Waals surface area (Å²) in [5.74, 6) is 0.395. The lowest BCUT2D eigenvalue weighted by atomic mass is 9.92. The zero-order chi connectivity index (χ0) is 20.6. The molecule has 0 saturated carbocycles. The fraction of sp³-hybridized carbons (Fsp3) is 0.435. The second-order valence-electron chi connectivity index (χ2n) is 8.99. The van der Waals surface area contributed by atoms with Gasteiger partial charge >= 0.3 is 0 Å². The van der Waals surface area contributed by atoms with E-state index in [0.29, 0.717) is 31.2 Å². The van der Waals surface area contributed by atoms with Gasteiger partial charge in [-0.05, 0) is 37.0 Å². The average molecular weight is 393 g/mol. The van der Waals surface area contributed by atoms with Crippen LogP contribution in [0.25, 0.3) is 10.9 Å². The van der Waals surface area contributed by atoms with Crippen LogP contribution in [0.5, 0.6) is 0 Å². The Morgan fingerprint density at radius 1 is 1.14 bits per heavy atom. The van der Waals surface area contributed by atoms with Crippen molar-refractivity contribution in [1.82, 2.24) is 19.7 Å². The minimum atomic E-state index is -0.0924. The molecule has 3 heterocycles. The van der Waals surface area contributed by atoms with Crippen molar-refractivity contribution in [3.63, 3.8) is 0 Å². The summed E-state index contributed by atoms with van der Waals surface area (Å²) in [5.41, 5.74) is 2.39. The molecule has 6 heteroatoms. The molecule has 6 nitrogen and oxygen atoms in total. The number of fused-ring (bicyclic) bond motifs is 1. The van der Waals surface area contributed by atoms with Crippen LogP contribution < -0.4 is 5.56 Å². The van der Waals surface area contributed by atoms with E-state index in [1.807, 2.05) is 41.3 Å². The van der Waals surface area contributed by atoms with Crippen LogP contribution in [0.15, 0.2) is 47.3 Å². The fourth-order valence-corrected chi connectivity index (χ4v) is 3.90. The molecule has 0 spiro atoms. The number of likely N-dealkylation sites (tertiary alicyclic amines) is 1. The normalized spacial score (nSPS) is 15.8. The van der Waals surface area contributed by atoms with Gasteiger partial charge in [-0.1, -0.05) is 39.0 Å². The molecule has 3 aromatic rings. The van der Waals surface area contributed by atoms with Crippen LogP contribution in [0.3, 0.4) is 0 Å². The predicted octanol–water partition coefficient (Wildman–Crippen LogP) is 3.57. The summed E-state index contributed by atoms with van der Waals surface area (Å²) in [6.45, 7) is 8.30. The molecule has 0 atom stereocenters. The topological polar surface area (TPSA) is 71.0 Å². The number of aromatic nitrogens is 3. The second kappa shape index (κ2) is 7.50. The minimum Gasteiger partial charge on any atom is -0.351 e. The highest BCUT2D eigenvalue weighted by Gasteiger charge is 2.26. The lowest BCUT2D eigenvalue weighted by molar-refractivity contribution is 0.0675. The number of piperidine rings is 1. The second-order valence-corrected chi connectivity index (χ2v) is 8.99. The smallest absolute Gasteiger partial charge is 0.270 e. The molecular weight excluding hydrogens is 364 g/mol. The molecule has 0 aliphatic carbocycles. The molecule has 4 rings (SSSR count). The average Bonchev–Trinajstić information content (AvgIpc) is 3.13. The molecule has 1 fully saturated rings. The van der Waals surface area contributed by atoms with E-state index < -0.39 is 0 Å². The lowest BCUT2D eigenvalue weighted by Crippen LogP contribution is -2.40. The van der Waals surface area contributed by atoms with Crippen molar-refractivity contribution in [3.8, 4) is 0 Å². The van der Waals surface area contributed by atoms with E-state index in [-0.39, 0.29) is 16.9 Å². The Balaban J connectivity index is 1.41. The number of aromatic amines is 1. The maximum Gasteiger partial charge on any atom is 0.270 e. The van der Waals surface area contributed by atoms with Crippen LogP contribution in [0.2, 0.25) is 0 Å². The number of hydrogen-bond donors (Lipinski definition) is 1. The molecule has 0 bridgehead atoms. The third-order valence-corrected chi connectivity index (χ3v) is 5.73. The number of H-pyrrole nitrogens is 1. The molecule has 29 heavy (non-hydrogen) atoms. The van der Waals surface area contributed by atoms with Gasteiger partial charge in [0.2, 0.25) is 0 Å². The third-order valence-electron chi connectivity index (χ3n) is 5.73. The van der Waals surface area contributed by atoms with Gasteiger partial charge in [0.05, 0.1) is 5.69 Å². The van der Waals surface area contributed by atoms with E-state index >= 15 is 0 Å². The van der Waals surface area contributed by atoms with E-state index in [4.69, 9.17) is 0 Å². The highest BCUT2D eigenvalue weighted by atomic mass is 16.2. The van der Waals surface area contributed by atoms with E-state index in [9.17, 15) is 9.59 Å². The quantitative estimate of drug-likeness (QED) is 0.741. The largest absolute Gasteiger partial charge is 0.351 e. The van der Waals surface area contributed by atoms with Gasteiger partial charge in [-0.3, -0.25) is 9.59 Å². The summed E-state index contributed by atoms with van der Waals surface area (Å²) >= 11 is 0. The third kappa shape index (κ3) is 4.11. The first-order valence-corrected chi connectivity index (χ1v) is 10.3. The van der Waals surface area contributed by atoms with Gasteiger partial charge in [0.15, 0.2) is 0 Å². The number of nitrogens with zero attached hydrogens (tertiary/aromatic N) is 3. The highest BCUT2D eigenvalue weighted by molar-refractivity contribution is 5.98. The van der Waals surface area contributed by atoms with Crippen LogP contribution in [0.1, 0.15) is 49.8 Å². The summed E-state index contributed by atoms with van der Waals surface area (Å²) < 4.78 is 1.60. The summed E-state index contributed by atoms with van der Waals surface area (Å²) in [6.07, 6.45) is 1.75. The number of para-hydroxylation sites is 1. The highest BCUT2D eigenvalue weighted by Crippen LogP contribution is 2.23. The Kier molecular flexibility index (Phi) is 5.03. The molecule has 1 amide bonds. The molecule has 152 valence electrons. The van der Waals surface area contributed by atoms with Crippen molar-refractivity contribution in [2.45, 2.75) is 45.6 Å². The Hall–Kier alpha value is -2.89. The van der Waals surface area contributed by atoms with Gasteiger partial charge in [0.25, 0.3) is 11.5 Å². The van der Waals surface area contributed by atoms with Gasteiger partial charge in [-0.25, -0.2) is 4.68 Å². The molecule has 0 radical (unpaired) electrons. The molecule has 0 unspecified atom stereocenters. The SMILES string of the molecule is CC(C)(C)c1ccc(=O)n(CC2CCN(C(=O)c3cc4ccccc4[nH]3)CC2)n1.